The fraction of sp³-hybridized carbons (Fsp3) is 0.467. The first-order valence-corrected chi connectivity index (χ1v) is 7.27. The fourth-order valence-corrected chi connectivity index (χ4v) is 2.68. The molecule has 1 aliphatic carbocycles. The topological polar surface area (TPSA) is 63.6 Å². The lowest BCUT2D eigenvalue weighted by atomic mass is 10.0. The van der Waals surface area contributed by atoms with Gasteiger partial charge in [-0.15, -0.1) is 0 Å². The van der Waals surface area contributed by atoms with Crippen LogP contribution < -0.4 is 5.32 Å². The zero-order chi connectivity index (χ0) is 13.8. The van der Waals surface area contributed by atoms with E-state index in [1.807, 2.05) is 0 Å². The molecule has 1 aliphatic rings. The summed E-state index contributed by atoms with van der Waals surface area (Å²) in [5.74, 6) is 2.63. The molecule has 0 radical (unpaired) electrons. The van der Waals surface area contributed by atoms with Gasteiger partial charge in [-0.3, -0.25) is 0 Å². The van der Waals surface area contributed by atoms with E-state index in [1.165, 1.54) is 25.7 Å². The summed E-state index contributed by atoms with van der Waals surface area (Å²) in [5, 5.41) is 3.27. The van der Waals surface area contributed by atoms with Gasteiger partial charge in [0.15, 0.2) is 11.6 Å². The van der Waals surface area contributed by atoms with Crippen LogP contribution in [0.25, 0.3) is 11.6 Å². The minimum absolute atomic E-state index is 0.554. The van der Waals surface area contributed by atoms with Gasteiger partial charge in [-0.05, 0) is 25.8 Å². The molecule has 0 atom stereocenters. The Morgan fingerprint density at radius 2 is 1.85 bits per heavy atom. The molecule has 0 aromatic carbocycles. The Balaban J connectivity index is 2.00. The molecule has 5 heteroatoms. The Kier molecular flexibility index (Phi) is 3.85. The Labute approximate surface area is 118 Å². The van der Waals surface area contributed by atoms with Gasteiger partial charge in [-0.1, -0.05) is 12.8 Å². The first kappa shape index (κ1) is 13.0. The Morgan fingerprint density at radius 1 is 1.10 bits per heavy atom. The molecule has 20 heavy (non-hydrogen) atoms. The molecule has 0 bridgehead atoms. The largest absolute Gasteiger partial charge is 0.370 e. The number of nitrogens with one attached hydrogen (secondary N) is 1. The third kappa shape index (κ3) is 2.76. The van der Waals surface area contributed by atoms with E-state index in [9.17, 15) is 0 Å². The van der Waals surface area contributed by atoms with E-state index in [-0.39, 0.29) is 0 Å². The molecule has 5 nitrogen and oxygen atoms in total. The van der Waals surface area contributed by atoms with Gasteiger partial charge in [0.25, 0.3) is 0 Å². The average Bonchev–Trinajstić information content (AvgIpc) is 3.02. The van der Waals surface area contributed by atoms with Crippen LogP contribution in [0.3, 0.4) is 0 Å². The van der Waals surface area contributed by atoms with Gasteiger partial charge in [0.2, 0.25) is 0 Å². The number of hydrogen-bond acceptors (Lipinski definition) is 5. The maximum atomic E-state index is 4.69. The van der Waals surface area contributed by atoms with E-state index in [2.05, 4.69) is 33.3 Å². The van der Waals surface area contributed by atoms with Crippen molar-refractivity contribution >= 4 is 5.82 Å². The third-order valence-electron chi connectivity index (χ3n) is 3.64. The summed E-state index contributed by atoms with van der Waals surface area (Å²) < 4.78 is 0. The molecule has 2 aromatic heterocycles. The number of hydrogen-bond donors (Lipinski definition) is 1. The van der Waals surface area contributed by atoms with Gasteiger partial charge in [0.1, 0.15) is 5.82 Å². The zero-order valence-corrected chi connectivity index (χ0v) is 11.7. The van der Waals surface area contributed by atoms with Gasteiger partial charge in [-0.2, -0.15) is 0 Å². The van der Waals surface area contributed by atoms with Gasteiger partial charge in [0, 0.05) is 36.6 Å². The minimum Gasteiger partial charge on any atom is -0.370 e. The van der Waals surface area contributed by atoms with Crippen LogP contribution in [0.4, 0.5) is 5.82 Å². The van der Waals surface area contributed by atoms with Gasteiger partial charge in [-0.25, -0.2) is 19.9 Å². The van der Waals surface area contributed by atoms with Crippen molar-refractivity contribution in [2.45, 2.75) is 38.5 Å². The predicted octanol–water partition coefficient (Wildman–Crippen LogP) is 3.02. The quantitative estimate of drug-likeness (QED) is 0.924. The SMILES string of the molecule is CCNc1cc(C2CCCC2)nc(-c2ncccn2)n1. The molecule has 0 aliphatic heterocycles. The highest BCUT2D eigenvalue weighted by Crippen LogP contribution is 2.34. The third-order valence-corrected chi connectivity index (χ3v) is 3.64. The number of aromatic nitrogens is 4. The second kappa shape index (κ2) is 5.94. The lowest BCUT2D eigenvalue weighted by Crippen LogP contribution is -2.07. The van der Waals surface area contributed by atoms with Crippen LogP contribution in [-0.2, 0) is 0 Å². The van der Waals surface area contributed by atoms with E-state index in [0.717, 1.165) is 18.1 Å². The average molecular weight is 269 g/mol. The summed E-state index contributed by atoms with van der Waals surface area (Å²) in [4.78, 5) is 17.7. The maximum Gasteiger partial charge on any atom is 0.199 e. The van der Waals surface area contributed by atoms with Crippen molar-refractivity contribution in [3.05, 3.63) is 30.2 Å². The molecular formula is C15H19N5. The summed E-state index contributed by atoms with van der Waals surface area (Å²) in [6.07, 6.45) is 8.47. The van der Waals surface area contributed by atoms with Crippen LogP contribution in [0, 0.1) is 0 Å². The molecular weight excluding hydrogens is 250 g/mol. The molecule has 1 N–H and O–H groups in total. The van der Waals surface area contributed by atoms with E-state index < -0.39 is 0 Å². The molecule has 0 saturated heterocycles. The monoisotopic (exact) mass is 269 g/mol. The van der Waals surface area contributed by atoms with Crippen LogP contribution in [0.1, 0.15) is 44.2 Å². The first-order valence-electron chi connectivity index (χ1n) is 7.27. The zero-order valence-electron chi connectivity index (χ0n) is 11.7. The lowest BCUT2D eigenvalue weighted by molar-refractivity contribution is 0.695. The summed E-state index contributed by atoms with van der Waals surface area (Å²) in [6.45, 7) is 2.91. The van der Waals surface area contributed by atoms with Crippen molar-refractivity contribution in [2.75, 3.05) is 11.9 Å². The van der Waals surface area contributed by atoms with Gasteiger partial charge in [0.05, 0.1) is 0 Å². The van der Waals surface area contributed by atoms with E-state index in [1.54, 1.807) is 18.5 Å². The number of anilines is 1. The highest BCUT2D eigenvalue weighted by atomic mass is 15.1. The molecule has 3 rings (SSSR count). The van der Waals surface area contributed by atoms with E-state index >= 15 is 0 Å². The van der Waals surface area contributed by atoms with Crippen LogP contribution in [0.15, 0.2) is 24.5 Å². The second-order valence-electron chi connectivity index (χ2n) is 5.09. The van der Waals surface area contributed by atoms with Gasteiger partial charge >= 0.3 is 0 Å². The molecule has 0 unspecified atom stereocenters. The minimum atomic E-state index is 0.554. The Bertz CT molecular complexity index is 564. The second-order valence-corrected chi connectivity index (χ2v) is 5.09. The van der Waals surface area contributed by atoms with Crippen LogP contribution >= 0.6 is 0 Å². The summed E-state index contributed by atoms with van der Waals surface area (Å²) in [5.41, 5.74) is 1.12. The number of rotatable bonds is 4. The summed E-state index contributed by atoms with van der Waals surface area (Å²) in [7, 11) is 0. The summed E-state index contributed by atoms with van der Waals surface area (Å²) >= 11 is 0. The molecule has 2 heterocycles. The highest BCUT2D eigenvalue weighted by molar-refractivity contribution is 5.49. The molecule has 1 saturated carbocycles. The molecule has 2 aromatic rings. The highest BCUT2D eigenvalue weighted by Gasteiger charge is 2.20. The van der Waals surface area contributed by atoms with Crippen LogP contribution in [-0.4, -0.2) is 26.5 Å². The van der Waals surface area contributed by atoms with Gasteiger partial charge < -0.3 is 5.32 Å². The first-order chi connectivity index (χ1) is 9.86. The fourth-order valence-electron chi connectivity index (χ4n) is 2.68. The van der Waals surface area contributed by atoms with Crippen LogP contribution in [0.2, 0.25) is 0 Å². The Morgan fingerprint density at radius 3 is 2.55 bits per heavy atom. The van der Waals surface area contributed by atoms with E-state index in [0.29, 0.717) is 17.6 Å². The smallest absolute Gasteiger partial charge is 0.199 e. The lowest BCUT2D eigenvalue weighted by Gasteiger charge is -2.12. The summed E-state index contributed by atoms with van der Waals surface area (Å²) in [6, 6.07) is 3.88. The molecule has 104 valence electrons. The molecule has 0 amide bonds. The van der Waals surface area contributed by atoms with Crippen molar-refractivity contribution < 1.29 is 0 Å². The molecule has 1 fully saturated rings. The van der Waals surface area contributed by atoms with Crippen LogP contribution in [0.5, 0.6) is 0 Å². The molecule has 0 spiro atoms. The number of nitrogens with zero attached hydrogens (tertiary/aromatic N) is 4. The Hall–Kier alpha value is -2.04. The van der Waals surface area contributed by atoms with Crippen molar-refractivity contribution in [2.24, 2.45) is 0 Å². The predicted molar refractivity (Wildman–Crippen MR) is 78.4 cm³/mol. The standard InChI is InChI=1S/C15H19N5/c1-2-16-13-10-12(11-6-3-4-7-11)19-15(20-13)14-17-8-5-9-18-14/h5,8-11H,2-4,6-7H2,1H3,(H,16,19,20). The van der Waals surface area contributed by atoms with Crippen molar-refractivity contribution in [3.8, 4) is 11.6 Å². The van der Waals surface area contributed by atoms with Crippen molar-refractivity contribution in [3.63, 3.8) is 0 Å². The van der Waals surface area contributed by atoms with Crippen molar-refractivity contribution in [1.82, 2.24) is 19.9 Å². The van der Waals surface area contributed by atoms with Crippen molar-refractivity contribution in [1.29, 1.82) is 0 Å². The normalized spacial score (nSPS) is 15.4. The maximum absolute atomic E-state index is 4.69. The van der Waals surface area contributed by atoms with E-state index in [4.69, 9.17) is 4.98 Å².